The van der Waals surface area contributed by atoms with E-state index in [1.807, 2.05) is 19.9 Å². The monoisotopic (exact) mass is 604 g/mol. The molecule has 4 N–H and O–H groups in total. The number of hydrogen-bond donors (Lipinski definition) is 4. The van der Waals surface area contributed by atoms with E-state index in [9.17, 15) is 29.2 Å². The van der Waals surface area contributed by atoms with Crippen molar-refractivity contribution >= 4 is 34.7 Å². The Balaban J connectivity index is 1.57. The van der Waals surface area contributed by atoms with Crippen LogP contribution in [-0.4, -0.2) is 74.9 Å². The molecule has 0 aliphatic carbocycles. The second-order valence-corrected chi connectivity index (χ2v) is 11.2. The largest absolute Gasteiger partial charge is 0.354 e. The maximum Gasteiger partial charge on any atom is 0.326 e. The number of hydrogen-bond acceptors (Lipinski definition) is 6. The van der Waals surface area contributed by atoms with Gasteiger partial charge in [0.05, 0.1) is 16.6 Å². The molecule has 13 nitrogen and oxygen atoms in total. The van der Waals surface area contributed by atoms with E-state index in [0.29, 0.717) is 79.7 Å². The first kappa shape index (κ1) is 32.1. The van der Waals surface area contributed by atoms with E-state index in [-0.39, 0.29) is 48.2 Å². The fourth-order valence-corrected chi connectivity index (χ4v) is 5.34. The van der Waals surface area contributed by atoms with Gasteiger partial charge in [0, 0.05) is 58.0 Å². The number of fused-ring (bicyclic) bond motifs is 1. The highest BCUT2D eigenvalue weighted by atomic mass is 16.2. The van der Waals surface area contributed by atoms with E-state index in [2.05, 4.69) is 20.9 Å². The average molecular weight is 605 g/mol. The van der Waals surface area contributed by atoms with E-state index < -0.39 is 6.04 Å². The minimum atomic E-state index is -0.720. The number of H-pyrrole nitrogens is 1. The van der Waals surface area contributed by atoms with Gasteiger partial charge >= 0.3 is 5.69 Å². The van der Waals surface area contributed by atoms with Gasteiger partial charge in [-0.25, -0.2) is 4.79 Å². The van der Waals surface area contributed by atoms with Gasteiger partial charge in [-0.1, -0.05) is 20.3 Å². The summed E-state index contributed by atoms with van der Waals surface area (Å²) < 4.78 is 3.14. The first-order chi connectivity index (χ1) is 21.1. The number of nitriles is 1. The van der Waals surface area contributed by atoms with Gasteiger partial charge in [0.25, 0.3) is 11.8 Å². The maximum absolute atomic E-state index is 13.5. The Kier molecular flexibility index (Phi) is 10.6. The smallest absolute Gasteiger partial charge is 0.326 e. The average Bonchev–Trinajstić information content (AvgIpc) is 3.55. The molecule has 2 bridgehead atoms. The summed E-state index contributed by atoms with van der Waals surface area (Å²) in [6, 6.07) is 7.85. The molecule has 0 spiro atoms. The molecule has 3 heterocycles. The van der Waals surface area contributed by atoms with Crippen molar-refractivity contribution in [3.63, 3.8) is 0 Å². The molecule has 44 heavy (non-hydrogen) atoms. The van der Waals surface area contributed by atoms with E-state index >= 15 is 0 Å². The van der Waals surface area contributed by atoms with Crippen molar-refractivity contribution < 1.29 is 19.2 Å². The lowest BCUT2D eigenvalue weighted by atomic mass is 9.98. The van der Waals surface area contributed by atoms with E-state index in [1.54, 1.807) is 45.5 Å². The summed E-state index contributed by atoms with van der Waals surface area (Å²) in [5.41, 5.74) is 1.98. The van der Waals surface area contributed by atoms with E-state index in [1.165, 1.54) is 6.07 Å². The summed E-state index contributed by atoms with van der Waals surface area (Å²) in [4.78, 5) is 69.5. The third-order valence-corrected chi connectivity index (χ3v) is 8.07. The first-order valence-electron chi connectivity index (χ1n) is 15.1. The van der Waals surface area contributed by atoms with Gasteiger partial charge in [-0.2, -0.15) is 5.26 Å². The maximum atomic E-state index is 13.5. The second kappa shape index (κ2) is 14.5. The van der Waals surface area contributed by atoms with Crippen molar-refractivity contribution in [1.29, 1.82) is 5.26 Å². The van der Waals surface area contributed by atoms with Crippen LogP contribution >= 0.6 is 0 Å². The number of rotatable bonds is 3. The quantitative estimate of drug-likeness (QED) is 0.354. The van der Waals surface area contributed by atoms with Gasteiger partial charge in [-0.05, 0) is 49.4 Å². The van der Waals surface area contributed by atoms with Crippen LogP contribution in [0.1, 0.15) is 72.4 Å². The normalized spacial score (nSPS) is 18.5. The Hall–Kier alpha value is -4.86. The number of nitrogens with one attached hydrogen (secondary N) is 4. The Morgan fingerprint density at radius 1 is 1.05 bits per heavy atom. The molecule has 1 aromatic carbocycles. The summed E-state index contributed by atoms with van der Waals surface area (Å²) in [6.07, 6.45) is 3.66. The molecular formula is C31H40N8O5. The summed E-state index contributed by atoms with van der Waals surface area (Å²) >= 11 is 0. The molecular weight excluding hydrogens is 564 g/mol. The topological polar surface area (TPSA) is 174 Å². The number of aromatic nitrogens is 3. The lowest BCUT2D eigenvalue weighted by Crippen LogP contribution is -2.50. The van der Waals surface area contributed by atoms with Crippen LogP contribution < -0.4 is 21.6 Å². The second-order valence-electron chi connectivity index (χ2n) is 11.2. The van der Waals surface area contributed by atoms with Crippen LogP contribution in [0.5, 0.6) is 0 Å². The molecule has 2 atom stereocenters. The molecule has 13 heteroatoms. The molecule has 2 aromatic heterocycles. The summed E-state index contributed by atoms with van der Waals surface area (Å²) in [5.74, 6) is -1.28. The third kappa shape index (κ3) is 7.55. The van der Waals surface area contributed by atoms with Crippen LogP contribution in [0.4, 0.5) is 0 Å². The number of carbonyl (C=O) groups excluding carboxylic acids is 4. The standard InChI is InChI=1S/C31H40N8O5/c1-4-20(2)27-29(42)34-12-7-15-39-24-17-22(9-10-23(24)35-31(39)44)28(41)33-11-6-14-38(13-5-8-26(40)36-27)30(43)25-16-21(18-32)19-37(25)3/h9-10,16-17,19-20,27H,4-8,11-15H2,1-3H3,(H,33,41)(H,34,42)(H,35,44)(H,36,40)/t20-,27-/m0/s1. The first-order valence-corrected chi connectivity index (χ1v) is 15.1. The van der Waals surface area contributed by atoms with Crippen molar-refractivity contribution in [2.75, 3.05) is 26.2 Å². The van der Waals surface area contributed by atoms with Crippen molar-refractivity contribution in [1.82, 2.24) is 35.0 Å². The van der Waals surface area contributed by atoms with Crippen molar-refractivity contribution in [3.8, 4) is 6.07 Å². The highest BCUT2D eigenvalue weighted by Gasteiger charge is 2.26. The van der Waals surface area contributed by atoms with Crippen LogP contribution in [0.15, 0.2) is 35.3 Å². The number of benzene rings is 1. The van der Waals surface area contributed by atoms with Gasteiger partial charge in [-0.3, -0.25) is 23.7 Å². The predicted molar refractivity (Wildman–Crippen MR) is 164 cm³/mol. The molecule has 0 fully saturated rings. The summed E-state index contributed by atoms with van der Waals surface area (Å²) in [5, 5.41) is 17.9. The number of aryl methyl sites for hydroxylation is 2. The highest BCUT2D eigenvalue weighted by Crippen LogP contribution is 2.15. The molecule has 0 unspecified atom stereocenters. The number of nitrogens with zero attached hydrogens (tertiary/aromatic N) is 4. The summed E-state index contributed by atoms with van der Waals surface area (Å²) in [7, 11) is 1.69. The Bertz CT molecular complexity index is 1630. The zero-order chi connectivity index (χ0) is 31.8. The molecule has 0 radical (unpaired) electrons. The fourth-order valence-electron chi connectivity index (χ4n) is 5.34. The van der Waals surface area contributed by atoms with E-state index in [4.69, 9.17) is 0 Å². The Labute approximate surface area is 255 Å². The van der Waals surface area contributed by atoms with Gasteiger partial charge in [0.1, 0.15) is 17.8 Å². The SMILES string of the molecule is CC[C@H](C)[C@@H]1NC(=O)CCCN(C(=O)c2cc(C#N)cn2C)CCCNC(=O)c2ccc3[nH]c(=O)n(c3c2)CCCNC1=O. The van der Waals surface area contributed by atoms with Crippen LogP contribution in [-0.2, 0) is 23.2 Å². The molecule has 1 aliphatic rings. The van der Waals surface area contributed by atoms with Crippen LogP contribution in [0, 0.1) is 17.2 Å². The summed E-state index contributed by atoms with van der Waals surface area (Å²) in [6.45, 7) is 5.35. The molecule has 0 saturated heterocycles. The van der Waals surface area contributed by atoms with Gasteiger partial charge < -0.3 is 30.4 Å². The Morgan fingerprint density at radius 3 is 2.50 bits per heavy atom. The zero-order valence-electron chi connectivity index (χ0n) is 25.4. The molecule has 0 saturated carbocycles. The lowest BCUT2D eigenvalue weighted by Gasteiger charge is -2.25. The van der Waals surface area contributed by atoms with Crippen molar-refractivity contribution in [2.45, 2.75) is 58.5 Å². The predicted octanol–water partition coefficient (Wildman–Crippen LogP) is 1.63. The number of imidazole rings is 1. The van der Waals surface area contributed by atoms with Gasteiger partial charge in [-0.15, -0.1) is 0 Å². The highest BCUT2D eigenvalue weighted by molar-refractivity contribution is 5.97. The van der Waals surface area contributed by atoms with E-state index in [0.717, 1.165) is 0 Å². The van der Waals surface area contributed by atoms with Crippen molar-refractivity contribution in [2.24, 2.45) is 13.0 Å². The molecule has 4 amide bonds. The van der Waals surface area contributed by atoms with Gasteiger partial charge in [0.2, 0.25) is 11.8 Å². The molecule has 3 aromatic rings. The van der Waals surface area contributed by atoms with Crippen LogP contribution in [0.25, 0.3) is 11.0 Å². The number of amides is 4. The molecule has 4 rings (SSSR count). The Morgan fingerprint density at radius 2 is 1.77 bits per heavy atom. The fraction of sp³-hybridized carbons (Fsp3) is 0.484. The molecule has 234 valence electrons. The van der Waals surface area contributed by atoms with Crippen molar-refractivity contribution in [3.05, 3.63) is 57.8 Å². The molecule has 1 aliphatic heterocycles. The van der Waals surface area contributed by atoms with Crippen LogP contribution in [0.3, 0.4) is 0 Å². The van der Waals surface area contributed by atoms with Crippen LogP contribution in [0.2, 0.25) is 0 Å². The lowest BCUT2D eigenvalue weighted by molar-refractivity contribution is -0.130. The zero-order valence-corrected chi connectivity index (χ0v) is 25.4. The van der Waals surface area contributed by atoms with Gasteiger partial charge in [0.15, 0.2) is 0 Å². The third-order valence-electron chi connectivity index (χ3n) is 8.07. The minimum Gasteiger partial charge on any atom is -0.354 e. The number of aromatic amines is 1. The number of carbonyl (C=O) groups is 4. The minimum absolute atomic E-state index is 0.106.